The Bertz CT molecular complexity index is 1940. The monoisotopic (exact) mass is 692 g/mol. The maximum Gasteiger partial charge on any atom is 0.412 e. The molecule has 0 aliphatic carbocycles. The quantitative estimate of drug-likeness (QED) is 0.176. The van der Waals surface area contributed by atoms with Crippen LogP contribution < -0.4 is 20.4 Å². The number of carbonyl (C=O) groups is 3. The van der Waals surface area contributed by atoms with Gasteiger partial charge in [0.1, 0.15) is 5.60 Å². The number of fused-ring (bicyclic) bond motifs is 1. The number of amides is 3. The summed E-state index contributed by atoms with van der Waals surface area (Å²) >= 11 is 0. The van der Waals surface area contributed by atoms with Gasteiger partial charge in [0.2, 0.25) is 0 Å². The first kappa shape index (κ1) is 35.3. The number of ether oxygens (including phenoxy) is 2. The molecule has 1 fully saturated rings. The van der Waals surface area contributed by atoms with Crippen LogP contribution in [0.25, 0.3) is 16.5 Å². The number of nitrogens with one attached hydrogen (secondary N) is 2. The normalized spacial score (nSPS) is 17.7. The first-order valence-corrected chi connectivity index (χ1v) is 17.2. The summed E-state index contributed by atoms with van der Waals surface area (Å²) in [5.74, 6) is -0.351. The molecule has 12 nitrogen and oxygen atoms in total. The number of alkyl carbamates (subject to hydrolysis) is 1. The summed E-state index contributed by atoms with van der Waals surface area (Å²) in [4.78, 5) is 52.1. The van der Waals surface area contributed by atoms with Crippen molar-refractivity contribution in [3.8, 4) is 0 Å². The number of benzene rings is 2. The Hall–Kier alpha value is -5.49. The molecule has 3 amide bonds. The molecule has 4 heterocycles. The predicted molar refractivity (Wildman–Crippen MR) is 197 cm³/mol. The van der Waals surface area contributed by atoms with Gasteiger partial charge in [0.15, 0.2) is 5.69 Å². The van der Waals surface area contributed by atoms with Crippen molar-refractivity contribution >= 4 is 51.6 Å². The Morgan fingerprint density at radius 3 is 2.61 bits per heavy atom. The van der Waals surface area contributed by atoms with Gasteiger partial charge in [0.25, 0.3) is 5.91 Å². The van der Waals surface area contributed by atoms with E-state index in [2.05, 4.69) is 27.4 Å². The van der Waals surface area contributed by atoms with Crippen LogP contribution in [0.2, 0.25) is 0 Å². The van der Waals surface area contributed by atoms with Gasteiger partial charge in [-0.1, -0.05) is 55.5 Å². The summed E-state index contributed by atoms with van der Waals surface area (Å²) in [5, 5.41) is 17.2. The summed E-state index contributed by atoms with van der Waals surface area (Å²) in [6.45, 7) is 9.93. The zero-order valence-corrected chi connectivity index (χ0v) is 29.4. The Kier molecular flexibility index (Phi) is 10.5. The molecule has 2 aromatic carbocycles. The lowest BCUT2D eigenvalue weighted by atomic mass is 9.95. The van der Waals surface area contributed by atoms with E-state index >= 15 is 0 Å². The highest BCUT2D eigenvalue weighted by Crippen LogP contribution is 2.33. The number of pyridine rings is 2. The molecule has 0 bridgehead atoms. The number of nitrogens with zero attached hydrogens (tertiary/aromatic N) is 4. The molecule has 266 valence electrons. The van der Waals surface area contributed by atoms with Crippen LogP contribution in [-0.2, 0) is 16.0 Å². The highest BCUT2D eigenvalue weighted by Gasteiger charge is 2.30. The van der Waals surface area contributed by atoms with E-state index in [-0.39, 0.29) is 29.9 Å². The number of aromatic nitrogens is 2. The molecule has 12 heteroatoms. The summed E-state index contributed by atoms with van der Waals surface area (Å²) in [7, 11) is 0. The first-order chi connectivity index (χ1) is 24.4. The van der Waals surface area contributed by atoms with Crippen LogP contribution in [0.15, 0.2) is 79.1 Å². The van der Waals surface area contributed by atoms with Crippen LogP contribution in [0.1, 0.15) is 62.2 Å². The molecule has 2 atom stereocenters. The van der Waals surface area contributed by atoms with Gasteiger partial charge >= 0.3 is 12.2 Å². The number of hydrogen-bond donors (Lipinski definition) is 3. The maximum absolute atomic E-state index is 14.3. The van der Waals surface area contributed by atoms with Gasteiger partial charge in [-0.05, 0) is 74.4 Å². The lowest BCUT2D eigenvalue weighted by molar-refractivity contribution is 0.0495. The maximum atomic E-state index is 14.3. The minimum absolute atomic E-state index is 0.0183. The predicted octanol–water partition coefficient (Wildman–Crippen LogP) is 7.11. The molecular weight excluding hydrogens is 648 g/mol. The summed E-state index contributed by atoms with van der Waals surface area (Å²) in [6, 6.07) is 18.4. The highest BCUT2D eigenvalue weighted by atomic mass is 16.6. The summed E-state index contributed by atoms with van der Waals surface area (Å²) in [6.07, 6.45) is 5.09. The molecule has 0 saturated carbocycles. The molecule has 3 N–H and O–H groups in total. The van der Waals surface area contributed by atoms with Gasteiger partial charge in [-0.3, -0.25) is 14.7 Å². The van der Waals surface area contributed by atoms with Crippen molar-refractivity contribution in [3.63, 3.8) is 0 Å². The molecule has 6 rings (SSSR count). The molecule has 2 aromatic heterocycles. The molecule has 1 saturated heterocycles. The van der Waals surface area contributed by atoms with Crippen molar-refractivity contribution in [3.05, 3.63) is 96.0 Å². The standard InChI is InChI=1S/C39H44N6O6/c1-25-18-30(41-37(47)51-39(2,3)4)24-44(22-25)33-12-15-40-21-32(33)43-36(46)35-34(45(38(48)49)23-26-8-6-5-7-9-26)20-29-11-10-28(19-31(29)42-35)27-13-16-50-17-14-27/h5-13,15,19-21,25,30H,14,16-18,22-24H2,1-4H3,(H,41,47)(H,43,46)(H,48,49)/t25-,30+/m1/s1. The molecule has 0 radical (unpaired) electrons. The van der Waals surface area contributed by atoms with Crippen LogP contribution in [0.5, 0.6) is 0 Å². The second-order valence-electron chi connectivity index (χ2n) is 14.1. The van der Waals surface area contributed by atoms with E-state index in [1.54, 1.807) is 18.5 Å². The first-order valence-electron chi connectivity index (χ1n) is 17.2. The topological polar surface area (TPSA) is 146 Å². The molecule has 0 spiro atoms. The Labute approximate surface area is 297 Å². The second kappa shape index (κ2) is 15.2. The average Bonchev–Trinajstić information content (AvgIpc) is 3.09. The van der Waals surface area contributed by atoms with Crippen LogP contribution in [0, 0.1) is 5.92 Å². The third kappa shape index (κ3) is 8.82. The number of hydrogen-bond acceptors (Lipinski definition) is 8. The van der Waals surface area contributed by atoms with Crippen LogP contribution in [0.3, 0.4) is 0 Å². The van der Waals surface area contributed by atoms with Crippen LogP contribution >= 0.6 is 0 Å². The smallest absolute Gasteiger partial charge is 0.412 e. The number of carbonyl (C=O) groups excluding carboxylic acids is 2. The van der Waals surface area contributed by atoms with E-state index in [9.17, 15) is 19.5 Å². The molecule has 2 aliphatic rings. The van der Waals surface area contributed by atoms with Crippen molar-refractivity contribution in [1.82, 2.24) is 15.3 Å². The van der Waals surface area contributed by atoms with Crippen LogP contribution in [0.4, 0.5) is 26.7 Å². The second-order valence-corrected chi connectivity index (χ2v) is 14.1. The van der Waals surface area contributed by atoms with Gasteiger partial charge in [0, 0.05) is 30.7 Å². The third-order valence-corrected chi connectivity index (χ3v) is 8.82. The van der Waals surface area contributed by atoms with Crippen molar-refractivity contribution in [2.24, 2.45) is 5.92 Å². The SMILES string of the molecule is C[C@@H]1C[C@H](NC(=O)OC(C)(C)C)CN(c2ccncc2NC(=O)c2nc3cc(C4=CCOCC4)ccc3cc2N(Cc2ccccc2)C(=O)O)C1. The van der Waals surface area contributed by atoms with Gasteiger partial charge in [-0.25, -0.2) is 14.6 Å². The third-order valence-electron chi connectivity index (χ3n) is 8.82. The zero-order valence-electron chi connectivity index (χ0n) is 29.4. The van der Waals surface area contributed by atoms with Crippen LogP contribution in [-0.4, -0.2) is 71.1 Å². The lowest BCUT2D eigenvalue weighted by Crippen LogP contribution is -2.51. The Morgan fingerprint density at radius 1 is 1.08 bits per heavy atom. The largest absolute Gasteiger partial charge is 0.465 e. The van der Waals surface area contributed by atoms with E-state index in [0.29, 0.717) is 42.9 Å². The minimum Gasteiger partial charge on any atom is -0.465 e. The summed E-state index contributed by atoms with van der Waals surface area (Å²) in [5.41, 5.74) is 4.08. The number of anilines is 3. The van der Waals surface area contributed by atoms with E-state index in [4.69, 9.17) is 14.5 Å². The molecule has 4 aromatic rings. The zero-order chi connectivity index (χ0) is 36.1. The number of carboxylic acid groups (broad SMARTS) is 1. The van der Waals surface area contributed by atoms with Crippen molar-refractivity contribution < 1.29 is 29.0 Å². The van der Waals surface area contributed by atoms with E-state index in [0.717, 1.165) is 40.1 Å². The van der Waals surface area contributed by atoms with Crippen molar-refractivity contribution in [2.45, 2.75) is 58.7 Å². The molecule has 51 heavy (non-hydrogen) atoms. The van der Waals surface area contributed by atoms with E-state index in [1.165, 1.54) is 0 Å². The molecule has 2 aliphatic heterocycles. The van der Waals surface area contributed by atoms with Gasteiger partial charge in [0.05, 0.1) is 48.5 Å². The number of rotatable bonds is 8. The average molecular weight is 693 g/mol. The lowest BCUT2D eigenvalue weighted by Gasteiger charge is -2.39. The summed E-state index contributed by atoms with van der Waals surface area (Å²) < 4.78 is 11.0. The Morgan fingerprint density at radius 2 is 1.88 bits per heavy atom. The van der Waals surface area contributed by atoms with E-state index < -0.39 is 23.7 Å². The van der Waals surface area contributed by atoms with E-state index in [1.807, 2.05) is 81.4 Å². The van der Waals surface area contributed by atoms with Gasteiger partial charge < -0.3 is 30.1 Å². The minimum atomic E-state index is -1.22. The van der Waals surface area contributed by atoms with Gasteiger partial charge in [-0.15, -0.1) is 0 Å². The van der Waals surface area contributed by atoms with Crippen molar-refractivity contribution in [1.29, 1.82) is 0 Å². The fourth-order valence-corrected chi connectivity index (χ4v) is 6.61. The fourth-order valence-electron chi connectivity index (χ4n) is 6.61. The fraction of sp³-hybridized carbons (Fsp3) is 0.359. The Balaban J connectivity index is 1.35. The van der Waals surface area contributed by atoms with Crippen molar-refractivity contribution in [2.75, 3.05) is 41.4 Å². The highest BCUT2D eigenvalue weighted by molar-refractivity contribution is 6.11. The molecular formula is C39H44N6O6. The van der Waals surface area contributed by atoms with Gasteiger partial charge in [-0.2, -0.15) is 0 Å². The number of piperidine rings is 1. The molecule has 0 unspecified atom stereocenters.